The van der Waals surface area contributed by atoms with Crippen LogP contribution in [-0.2, 0) is 14.3 Å². The summed E-state index contributed by atoms with van der Waals surface area (Å²) >= 11 is 0. The van der Waals surface area contributed by atoms with Gasteiger partial charge in [-0.05, 0) is 36.5 Å². The van der Waals surface area contributed by atoms with Crippen LogP contribution in [0.1, 0.15) is 30.9 Å². The van der Waals surface area contributed by atoms with E-state index in [1.807, 2.05) is 0 Å². The molecule has 0 aromatic heterocycles. The molecule has 4 heteroatoms. The zero-order valence-corrected chi connectivity index (χ0v) is 16.6. The minimum absolute atomic E-state index is 0.0407. The van der Waals surface area contributed by atoms with E-state index < -0.39 is 0 Å². The van der Waals surface area contributed by atoms with Gasteiger partial charge in [0.25, 0.3) is 0 Å². The number of piperidine rings is 1. The lowest BCUT2D eigenvalue weighted by Crippen LogP contribution is -2.34. The Bertz CT molecular complexity index is 719. The van der Waals surface area contributed by atoms with Gasteiger partial charge >= 0.3 is 5.97 Å². The third kappa shape index (κ3) is 5.78. The maximum atomic E-state index is 11.3. The SMILES string of the molecule is CCOC(=O)COCCN1CCC(=C(c2ccccc2)c2ccccc2)CC1. The van der Waals surface area contributed by atoms with Crippen LogP contribution < -0.4 is 0 Å². The standard InChI is InChI=1S/C24H29NO3/c1-2-28-23(26)19-27-18-17-25-15-13-22(14-16-25)24(20-9-5-3-6-10-20)21-11-7-4-8-12-21/h3-12H,2,13-19H2,1H3. The molecule has 0 N–H and O–H groups in total. The average molecular weight is 380 g/mol. The van der Waals surface area contributed by atoms with Crippen LogP contribution in [0.3, 0.4) is 0 Å². The Hall–Kier alpha value is -2.43. The number of hydrogen-bond donors (Lipinski definition) is 0. The summed E-state index contributed by atoms with van der Waals surface area (Å²) < 4.78 is 10.3. The molecule has 0 unspecified atom stereocenters. The van der Waals surface area contributed by atoms with Crippen LogP contribution in [0.25, 0.3) is 5.57 Å². The first-order chi connectivity index (χ1) is 13.8. The molecule has 1 heterocycles. The molecule has 0 radical (unpaired) electrons. The van der Waals surface area contributed by atoms with Gasteiger partial charge in [0.15, 0.2) is 0 Å². The van der Waals surface area contributed by atoms with E-state index in [1.165, 1.54) is 22.3 Å². The second kappa shape index (κ2) is 10.8. The Morgan fingerprint density at radius 3 is 2.04 bits per heavy atom. The third-order valence-electron chi connectivity index (χ3n) is 5.02. The number of carbonyl (C=O) groups is 1. The van der Waals surface area contributed by atoms with Crippen molar-refractivity contribution < 1.29 is 14.3 Å². The molecule has 4 nitrogen and oxygen atoms in total. The number of carbonyl (C=O) groups excluding carboxylic acids is 1. The zero-order valence-electron chi connectivity index (χ0n) is 16.6. The predicted molar refractivity (Wildman–Crippen MR) is 112 cm³/mol. The van der Waals surface area contributed by atoms with Crippen molar-refractivity contribution in [2.45, 2.75) is 19.8 Å². The van der Waals surface area contributed by atoms with Crippen LogP contribution >= 0.6 is 0 Å². The second-order valence-corrected chi connectivity index (χ2v) is 6.91. The van der Waals surface area contributed by atoms with Crippen molar-refractivity contribution in [3.63, 3.8) is 0 Å². The van der Waals surface area contributed by atoms with Crippen LogP contribution in [-0.4, -0.2) is 50.3 Å². The fourth-order valence-electron chi connectivity index (χ4n) is 3.63. The van der Waals surface area contributed by atoms with Crippen molar-refractivity contribution in [3.8, 4) is 0 Å². The number of benzene rings is 2. The van der Waals surface area contributed by atoms with Crippen LogP contribution in [0.4, 0.5) is 0 Å². The van der Waals surface area contributed by atoms with Crippen molar-refractivity contribution in [3.05, 3.63) is 77.4 Å². The van der Waals surface area contributed by atoms with Gasteiger partial charge in [-0.3, -0.25) is 0 Å². The molecule has 2 aromatic rings. The number of rotatable bonds is 8. The highest BCUT2D eigenvalue weighted by Gasteiger charge is 2.18. The number of nitrogens with zero attached hydrogens (tertiary/aromatic N) is 1. The lowest BCUT2D eigenvalue weighted by Gasteiger charge is -2.30. The highest BCUT2D eigenvalue weighted by atomic mass is 16.6. The van der Waals surface area contributed by atoms with Crippen LogP contribution in [0.15, 0.2) is 66.2 Å². The van der Waals surface area contributed by atoms with Gasteiger partial charge in [0.2, 0.25) is 0 Å². The van der Waals surface area contributed by atoms with Crippen molar-refractivity contribution in [1.82, 2.24) is 4.90 Å². The molecule has 0 bridgehead atoms. The van der Waals surface area contributed by atoms with Crippen molar-refractivity contribution in [2.24, 2.45) is 0 Å². The Kier molecular flexibility index (Phi) is 7.82. The number of esters is 1. The smallest absolute Gasteiger partial charge is 0.332 e. The Morgan fingerprint density at radius 2 is 1.50 bits per heavy atom. The minimum Gasteiger partial charge on any atom is -0.464 e. The molecule has 1 fully saturated rings. The van der Waals surface area contributed by atoms with E-state index >= 15 is 0 Å². The molecule has 0 aliphatic carbocycles. The maximum Gasteiger partial charge on any atom is 0.332 e. The zero-order chi connectivity index (χ0) is 19.6. The van der Waals surface area contributed by atoms with Gasteiger partial charge in [0, 0.05) is 19.6 Å². The summed E-state index contributed by atoms with van der Waals surface area (Å²) in [6, 6.07) is 21.4. The van der Waals surface area contributed by atoms with Gasteiger partial charge in [-0.2, -0.15) is 0 Å². The van der Waals surface area contributed by atoms with Gasteiger partial charge in [-0.1, -0.05) is 66.2 Å². The second-order valence-electron chi connectivity index (χ2n) is 6.91. The number of likely N-dealkylation sites (tertiary alicyclic amines) is 1. The molecule has 3 rings (SSSR count). The van der Waals surface area contributed by atoms with Crippen LogP contribution in [0, 0.1) is 0 Å². The normalized spacial score (nSPS) is 14.7. The molecule has 0 amide bonds. The van der Waals surface area contributed by atoms with Crippen molar-refractivity contribution in [2.75, 3.05) is 39.5 Å². The summed E-state index contributed by atoms with van der Waals surface area (Å²) in [4.78, 5) is 13.7. The van der Waals surface area contributed by atoms with Gasteiger partial charge in [0.05, 0.1) is 13.2 Å². The molecule has 0 atom stereocenters. The van der Waals surface area contributed by atoms with Crippen LogP contribution in [0.2, 0.25) is 0 Å². The highest BCUT2D eigenvalue weighted by Crippen LogP contribution is 2.32. The summed E-state index contributed by atoms with van der Waals surface area (Å²) in [5.41, 5.74) is 5.46. The maximum absolute atomic E-state index is 11.3. The summed E-state index contributed by atoms with van der Waals surface area (Å²) in [7, 11) is 0. The van der Waals surface area contributed by atoms with E-state index in [4.69, 9.17) is 9.47 Å². The topological polar surface area (TPSA) is 38.8 Å². The van der Waals surface area contributed by atoms with Gasteiger partial charge in [0.1, 0.15) is 6.61 Å². The molecular weight excluding hydrogens is 350 g/mol. The monoisotopic (exact) mass is 379 g/mol. The van der Waals surface area contributed by atoms with E-state index in [-0.39, 0.29) is 12.6 Å². The van der Waals surface area contributed by atoms with Gasteiger partial charge in [-0.25, -0.2) is 4.79 Å². The van der Waals surface area contributed by atoms with Gasteiger partial charge in [-0.15, -0.1) is 0 Å². The highest BCUT2D eigenvalue weighted by molar-refractivity contribution is 5.82. The summed E-state index contributed by atoms with van der Waals surface area (Å²) in [6.07, 6.45) is 2.11. The Balaban J connectivity index is 1.60. The van der Waals surface area contributed by atoms with E-state index in [0.717, 1.165) is 32.5 Å². The quantitative estimate of drug-likeness (QED) is 0.510. The van der Waals surface area contributed by atoms with E-state index in [2.05, 4.69) is 65.6 Å². The van der Waals surface area contributed by atoms with Crippen molar-refractivity contribution in [1.29, 1.82) is 0 Å². The van der Waals surface area contributed by atoms with E-state index in [1.54, 1.807) is 6.92 Å². The van der Waals surface area contributed by atoms with Crippen molar-refractivity contribution >= 4 is 11.5 Å². The largest absolute Gasteiger partial charge is 0.464 e. The fraction of sp³-hybridized carbons (Fsp3) is 0.375. The molecule has 1 aliphatic rings. The molecule has 28 heavy (non-hydrogen) atoms. The predicted octanol–water partition coefficient (Wildman–Crippen LogP) is 4.16. The number of ether oxygens (including phenoxy) is 2. The first kappa shape index (κ1) is 20.3. The minimum atomic E-state index is -0.290. The Labute approximate surface area is 167 Å². The molecule has 1 aliphatic heterocycles. The van der Waals surface area contributed by atoms with E-state index in [0.29, 0.717) is 13.2 Å². The molecule has 1 saturated heterocycles. The molecule has 0 saturated carbocycles. The molecule has 148 valence electrons. The Morgan fingerprint density at radius 1 is 0.929 bits per heavy atom. The summed E-state index contributed by atoms with van der Waals surface area (Å²) in [5.74, 6) is -0.290. The third-order valence-corrected chi connectivity index (χ3v) is 5.02. The molecule has 2 aromatic carbocycles. The average Bonchev–Trinajstić information content (AvgIpc) is 2.74. The number of hydrogen-bond acceptors (Lipinski definition) is 4. The fourth-order valence-corrected chi connectivity index (χ4v) is 3.63. The lowest BCUT2D eigenvalue weighted by molar-refractivity contribution is -0.148. The lowest BCUT2D eigenvalue weighted by atomic mass is 9.88. The molecular formula is C24H29NO3. The van der Waals surface area contributed by atoms with Crippen LogP contribution in [0.5, 0.6) is 0 Å². The first-order valence-corrected chi connectivity index (χ1v) is 10.1. The van der Waals surface area contributed by atoms with E-state index in [9.17, 15) is 4.79 Å². The summed E-state index contributed by atoms with van der Waals surface area (Å²) in [6.45, 7) is 5.67. The van der Waals surface area contributed by atoms with Gasteiger partial charge < -0.3 is 14.4 Å². The summed E-state index contributed by atoms with van der Waals surface area (Å²) in [5, 5.41) is 0. The molecule has 0 spiro atoms. The first-order valence-electron chi connectivity index (χ1n) is 10.1.